The molecule has 4 nitrogen and oxygen atoms in total. The molecule has 0 radical (unpaired) electrons. The molecule has 2 atom stereocenters. The quantitative estimate of drug-likeness (QED) is 0.792. The molecule has 2 unspecified atom stereocenters. The molecule has 15 heavy (non-hydrogen) atoms. The summed E-state index contributed by atoms with van der Waals surface area (Å²) in [7, 11) is 0. The normalized spacial score (nSPS) is 14.3. The Morgan fingerprint density at radius 1 is 1.53 bits per heavy atom. The average molecular weight is 209 g/mol. The SMILES string of the molecule is Cc1cccc(C(O)C(C)OC(N)=O)c1. The van der Waals surface area contributed by atoms with Crippen LogP contribution in [0.5, 0.6) is 0 Å². The molecule has 0 aromatic heterocycles. The highest BCUT2D eigenvalue weighted by Crippen LogP contribution is 2.19. The molecule has 4 heteroatoms. The maximum atomic E-state index is 10.5. The van der Waals surface area contributed by atoms with Crippen molar-refractivity contribution in [3.05, 3.63) is 35.4 Å². The zero-order valence-electron chi connectivity index (χ0n) is 8.81. The Morgan fingerprint density at radius 3 is 2.73 bits per heavy atom. The highest BCUT2D eigenvalue weighted by molar-refractivity contribution is 5.64. The van der Waals surface area contributed by atoms with Gasteiger partial charge < -0.3 is 15.6 Å². The number of carbonyl (C=O) groups is 1. The molecule has 0 bridgehead atoms. The lowest BCUT2D eigenvalue weighted by Crippen LogP contribution is -2.25. The molecule has 0 aliphatic heterocycles. The van der Waals surface area contributed by atoms with Crippen molar-refractivity contribution in [2.75, 3.05) is 0 Å². The maximum absolute atomic E-state index is 10.5. The summed E-state index contributed by atoms with van der Waals surface area (Å²) in [4.78, 5) is 10.5. The van der Waals surface area contributed by atoms with E-state index in [1.54, 1.807) is 13.0 Å². The number of hydrogen-bond donors (Lipinski definition) is 2. The third-order valence-electron chi connectivity index (χ3n) is 2.13. The van der Waals surface area contributed by atoms with Crippen molar-refractivity contribution in [2.45, 2.75) is 26.1 Å². The molecule has 1 amide bonds. The first-order valence-electron chi connectivity index (χ1n) is 4.71. The predicted molar refractivity (Wildman–Crippen MR) is 56.3 cm³/mol. The number of aliphatic hydroxyl groups excluding tert-OH is 1. The smallest absolute Gasteiger partial charge is 0.404 e. The van der Waals surface area contributed by atoms with Crippen LogP contribution in [0.25, 0.3) is 0 Å². The van der Waals surface area contributed by atoms with E-state index in [9.17, 15) is 9.90 Å². The number of aliphatic hydroxyl groups is 1. The van der Waals surface area contributed by atoms with Crippen LogP contribution in [0.3, 0.4) is 0 Å². The molecule has 0 spiro atoms. The monoisotopic (exact) mass is 209 g/mol. The highest BCUT2D eigenvalue weighted by Gasteiger charge is 2.19. The zero-order chi connectivity index (χ0) is 11.4. The molecule has 0 fully saturated rings. The number of carbonyl (C=O) groups excluding carboxylic acids is 1. The van der Waals surface area contributed by atoms with Gasteiger partial charge in [-0.25, -0.2) is 4.79 Å². The van der Waals surface area contributed by atoms with Crippen molar-refractivity contribution in [3.63, 3.8) is 0 Å². The largest absolute Gasteiger partial charge is 0.444 e. The van der Waals surface area contributed by atoms with Crippen LogP contribution in [-0.4, -0.2) is 17.3 Å². The first-order chi connectivity index (χ1) is 7.00. The standard InChI is InChI=1S/C11H15NO3/c1-7-4-3-5-9(6-7)10(13)8(2)15-11(12)14/h3-6,8,10,13H,1-2H3,(H2,12,14). The molecule has 0 saturated carbocycles. The summed E-state index contributed by atoms with van der Waals surface area (Å²) >= 11 is 0. The van der Waals surface area contributed by atoms with Crippen LogP contribution in [0, 0.1) is 6.92 Å². The van der Waals surface area contributed by atoms with Crippen molar-refractivity contribution in [2.24, 2.45) is 5.73 Å². The fourth-order valence-corrected chi connectivity index (χ4v) is 1.37. The van der Waals surface area contributed by atoms with Crippen LogP contribution in [-0.2, 0) is 4.74 Å². The van der Waals surface area contributed by atoms with Gasteiger partial charge in [0.2, 0.25) is 0 Å². The number of aryl methyl sites for hydroxylation is 1. The molecule has 1 aromatic rings. The summed E-state index contributed by atoms with van der Waals surface area (Å²) < 4.78 is 4.70. The van der Waals surface area contributed by atoms with Crippen LogP contribution in [0.4, 0.5) is 4.79 Å². The van der Waals surface area contributed by atoms with Crippen LogP contribution in [0.2, 0.25) is 0 Å². The highest BCUT2D eigenvalue weighted by atomic mass is 16.6. The topological polar surface area (TPSA) is 72.6 Å². The van der Waals surface area contributed by atoms with E-state index in [0.717, 1.165) is 5.56 Å². The van der Waals surface area contributed by atoms with Gasteiger partial charge in [0.15, 0.2) is 0 Å². The molecule has 0 saturated heterocycles. The van der Waals surface area contributed by atoms with Crippen LogP contribution >= 0.6 is 0 Å². The second-order valence-electron chi connectivity index (χ2n) is 3.50. The number of nitrogens with two attached hydrogens (primary N) is 1. The lowest BCUT2D eigenvalue weighted by Gasteiger charge is -2.18. The van der Waals surface area contributed by atoms with Gasteiger partial charge in [-0.3, -0.25) is 0 Å². The van der Waals surface area contributed by atoms with Crippen LogP contribution in [0.1, 0.15) is 24.2 Å². The van der Waals surface area contributed by atoms with Gasteiger partial charge in [0.1, 0.15) is 12.2 Å². The van der Waals surface area contributed by atoms with Crippen molar-refractivity contribution >= 4 is 6.09 Å². The minimum Gasteiger partial charge on any atom is -0.444 e. The Bertz CT molecular complexity index is 351. The van der Waals surface area contributed by atoms with Gasteiger partial charge in [-0.1, -0.05) is 29.8 Å². The van der Waals surface area contributed by atoms with Gasteiger partial charge >= 0.3 is 6.09 Å². The van der Waals surface area contributed by atoms with E-state index in [2.05, 4.69) is 0 Å². The Morgan fingerprint density at radius 2 is 2.20 bits per heavy atom. The van der Waals surface area contributed by atoms with E-state index in [-0.39, 0.29) is 0 Å². The fraction of sp³-hybridized carbons (Fsp3) is 0.364. The Labute approximate surface area is 88.7 Å². The summed E-state index contributed by atoms with van der Waals surface area (Å²) in [6, 6.07) is 7.38. The number of hydrogen-bond acceptors (Lipinski definition) is 3. The van der Waals surface area contributed by atoms with E-state index in [0.29, 0.717) is 5.56 Å². The van der Waals surface area contributed by atoms with Crippen molar-refractivity contribution < 1.29 is 14.6 Å². The summed E-state index contributed by atoms with van der Waals surface area (Å²) in [6.07, 6.45) is -2.38. The van der Waals surface area contributed by atoms with E-state index >= 15 is 0 Å². The molecule has 0 aliphatic rings. The van der Waals surface area contributed by atoms with Gasteiger partial charge in [0.25, 0.3) is 0 Å². The minimum atomic E-state index is -0.880. The molecule has 0 heterocycles. The van der Waals surface area contributed by atoms with Crippen molar-refractivity contribution in [1.29, 1.82) is 0 Å². The summed E-state index contributed by atoms with van der Waals surface area (Å²) in [5.74, 6) is 0. The van der Waals surface area contributed by atoms with Gasteiger partial charge in [0, 0.05) is 0 Å². The molecule has 1 aromatic carbocycles. The van der Waals surface area contributed by atoms with E-state index < -0.39 is 18.3 Å². The molecular weight excluding hydrogens is 194 g/mol. The molecular formula is C11H15NO3. The van der Waals surface area contributed by atoms with Gasteiger partial charge in [0.05, 0.1) is 0 Å². The number of rotatable bonds is 3. The van der Waals surface area contributed by atoms with Crippen LogP contribution in [0.15, 0.2) is 24.3 Å². The van der Waals surface area contributed by atoms with E-state index in [1.807, 2.05) is 25.1 Å². The molecule has 3 N–H and O–H groups in total. The van der Waals surface area contributed by atoms with Gasteiger partial charge in [-0.15, -0.1) is 0 Å². The summed E-state index contributed by atoms with van der Waals surface area (Å²) in [5.41, 5.74) is 6.62. The third kappa shape index (κ3) is 3.25. The maximum Gasteiger partial charge on any atom is 0.404 e. The molecule has 0 aliphatic carbocycles. The first kappa shape index (κ1) is 11.5. The fourth-order valence-electron chi connectivity index (χ4n) is 1.37. The van der Waals surface area contributed by atoms with E-state index in [4.69, 9.17) is 10.5 Å². The average Bonchev–Trinajstić information content (AvgIpc) is 2.15. The van der Waals surface area contributed by atoms with Gasteiger partial charge in [-0.05, 0) is 19.4 Å². The first-order valence-corrected chi connectivity index (χ1v) is 4.71. The number of benzene rings is 1. The van der Waals surface area contributed by atoms with Crippen molar-refractivity contribution in [1.82, 2.24) is 0 Å². The number of amides is 1. The van der Waals surface area contributed by atoms with Gasteiger partial charge in [-0.2, -0.15) is 0 Å². The Hall–Kier alpha value is -1.55. The Balaban J connectivity index is 2.75. The molecule has 1 rings (SSSR count). The summed E-state index contributed by atoms with van der Waals surface area (Å²) in [5, 5.41) is 9.83. The third-order valence-corrected chi connectivity index (χ3v) is 2.13. The summed E-state index contributed by atoms with van der Waals surface area (Å²) in [6.45, 7) is 3.52. The predicted octanol–water partition coefficient (Wildman–Crippen LogP) is 1.51. The lowest BCUT2D eigenvalue weighted by molar-refractivity contribution is 0.0157. The number of primary amides is 1. The zero-order valence-corrected chi connectivity index (χ0v) is 8.81. The molecule has 82 valence electrons. The second kappa shape index (κ2) is 4.79. The number of ether oxygens (including phenoxy) is 1. The van der Waals surface area contributed by atoms with E-state index in [1.165, 1.54) is 0 Å². The minimum absolute atomic E-state index is 0.649. The van der Waals surface area contributed by atoms with Crippen molar-refractivity contribution in [3.8, 4) is 0 Å². The lowest BCUT2D eigenvalue weighted by atomic mass is 10.0. The Kier molecular flexibility index (Phi) is 3.68. The second-order valence-corrected chi connectivity index (χ2v) is 3.50. The van der Waals surface area contributed by atoms with Crippen LogP contribution < -0.4 is 5.73 Å².